The van der Waals surface area contributed by atoms with Gasteiger partial charge < -0.3 is 14.1 Å². The second kappa shape index (κ2) is 9.21. The van der Waals surface area contributed by atoms with Crippen LogP contribution in [0.4, 0.5) is 0 Å². The summed E-state index contributed by atoms with van der Waals surface area (Å²) in [5.74, 6) is 0.0503. The number of imide groups is 1. The van der Waals surface area contributed by atoms with Crippen LogP contribution in [0, 0.1) is 5.92 Å². The lowest BCUT2D eigenvalue weighted by Gasteiger charge is -2.31. The number of piperidine rings is 1. The highest BCUT2D eigenvalue weighted by Crippen LogP contribution is 2.28. The van der Waals surface area contributed by atoms with E-state index < -0.39 is 11.8 Å². The van der Waals surface area contributed by atoms with Crippen molar-refractivity contribution in [2.75, 3.05) is 20.2 Å². The van der Waals surface area contributed by atoms with Crippen LogP contribution < -0.4 is 4.74 Å². The molecule has 1 saturated heterocycles. The molecule has 178 valence electrons. The van der Waals surface area contributed by atoms with Crippen molar-refractivity contribution in [3.05, 3.63) is 88.9 Å². The Bertz CT molecular complexity index is 1290. The molecule has 1 aromatic heterocycles. The number of ketones is 1. The van der Waals surface area contributed by atoms with Crippen LogP contribution in [-0.4, -0.2) is 53.5 Å². The van der Waals surface area contributed by atoms with E-state index in [-0.39, 0.29) is 35.3 Å². The van der Waals surface area contributed by atoms with E-state index in [2.05, 4.69) is 0 Å². The summed E-state index contributed by atoms with van der Waals surface area (Å²) in [5.41, 5.74) is 1.49. The number of rotatable bonds is 6. The summed E-state index contributed by atoms with van der Waals surface area (Å²) < 4.78 is 10.4. The molecule has 35 heavy (non-hydrogen) atoms. The Hall–Kier alpha value is -4.20. The van der Waals surface area contributed by atoms with Crippen molar-refractivity contribution in [3.8, 4) is 5.75 Å². The highest BCUT2D eigenvalue weighted by molar-refractivity contribution is 6.22. The van der Waals surface area contributed by atoms with Crippen LogP contribution in [0.5, 0.6) is 5.75 Å². The molecular weight excluding hydrogens is 448 g/mol. The first-order valence-corrected chi connectivity index (χ1v) is 11.5. The molecule has 0 atom stereocenters. The van der Waals surface area contributed by atoms with Gasteiger partial charge in [0.25, 0.3) is 17.7 Å². The van der Waals surface area contributed by atoms with Crippen molar-refractivity contribution in [3.63, 3.8) is 0 Å². The number of benzene rings is 2. The first-order chi connectivity index (χ1) is 17.0. The molecule has 5 rings (SSSR count). The molecule has 0 bridgehead atoms. The number of Topliss-reactive ketones (excluding diaryl/α,β-unsaturated/α-hetero) is 1. The number of furan rings is 1. The van der Waals surface area contributed by atoms with Gasteiger partial charge in [-0.3, -0.25) is 24.1 Å². The monoisotopic (exact) mass is 472 g/mol. The number of nitrogens with zero attached hydrogens (tertiary/aromatic N) is 2. The molecule has 1 fully saturated rings. The number of amides is 3. The van der Waals surface area contributed by atoms with Crippen LogP contribution in [-0.2, 0) is 6.54 Å². The van der Waals surface area contributed by atoms with Gasteiger partial charge in [0, 0.05) is 30.1 Å². The number of ether oxygens (including phenoxy) is 1. The number of carbonyl (C=O) groups excluding carboxylic acids is 4. The molecule has 8 nitrogen and oxygen atoms in total. The van der Waals surface area contributed by atoms with Crippen LogP contribution in [0.25, 0.3) is 0 Å². The van der Waals surface area contributed by atoms with Gasteiger partial charge in [-0.15, -0.1) is 0 Å². The molecule has 3 heterocycles. The summed E-state index contributed by atoms with van der Waals surface area (Å²) in [4.78, 5) is 54.4. The van der Waals surface area contributed by atoms with Gasteiger partial charge >= 0.3 is 0 Å². The molecule has 0 radical (unpaired) electrons. The standard InChI is InChI=1S/C27H24N2O6/c1-34-20-7-4-17(5-8-20)24(30)18-10-12-28(13-11-18)25(31)19-6-9-22-23(15-19)27(33)29(26(22)32)16-21-3-2-14-35-21/h2-9,14-15,18H,10-13,16H2,1H3. The molecule has 3 aromatic rings. The molecule has 0 unspecified atom stereocenters. The molecular formula is C27H24N2O6. The summed E-state index contributed by atoms with van der Waals surface area (Å²) in [6, 6.07) is 15.0. The van der Waals surface area contributed by atoms with E-state index in [4.69, 9.17) is 9.15 Å². The second-order valence-corrected chi connectivity index (χ2v) is 8.70. The maximum Gasteiger partial charge on any atom is 0.261 e. The Labute approximate surface area is 202 Å². The topological polar surface area (TPSA) is 97.1 Å². The molecule has 2 aromatic carbocycles. The fourth-order valence-corrected chi connectivity index (χ4v) is 4.64. The largest absolute Gasteiger partial charge is 0.497 e. The fraction of sp³-hybridized carbons (Fsp3) is 0.259. The zero-order chi connectivity index (χ0) is 24.5. The van der Waals surface area contributed by atoms with Gasteiger partial charge in [-0.05, 0) is 67.4 Å². The predicted molar refractivity (Wildman–Crippen MR) is 125 cm³/mol. The lowest BCUT2D eigenvalue weighted by molar-refractivity contribution is 0.0631. The average Bonchev–Trinajstić information content (AvgIpc) is 3.50. The van der Waals surface area contributed by atoms with E-state index in [0.29, 0.717) is 48.6 Å². The third kappa shape index (κ3) is 4.23. The quantitative estimate of drug-likeness (QED) is 0.400. The maximum absolute atomic E-state index is 13.1. The Morgan fingerprint density at radius 2 is 1.63 bits per heavy atom. The maximum atomic E-state index is 13.1. The Balaban J connectivity index is 1.24. The van der Waals surface area contributed by atoms with Crippen LogP contribution in [0.1, 0.15) is 60.0 Å². The van der Waals surface area contributed by atoms with E-state index in [9.17, 15) is 19.2 Å². The van der Waals surface area contributed by atoms with Crippen molar-refractivity contribution in [1.82, 2.24) is 9.80 Å². The molecule has 0 aliphatic carbocycles. The second-order valence-electron chi connectivity index (χ2n) is 8.70. The zero-order valence-corrected chi connectivity index (χ0v) is 19.2. The number of methoxy groups -OCH3 is 1. The van der Waals surface area contributed by atoms with Gasteiger partial charge in [-0.2, -0.15) is 0 Å². The van der Waals surface area contributed by atoms with Crippen molar-refractivity contribution in [2.45, 2.75) is 19.4 Å². The third-order valence-corrected chi connectivity index (χ3v) is 6.64. The molecule has 2 aliphatic heterocycles. The van der Waals surface area contributed by atoms with E-state index in [1.54, 1.807) is 54.5 Å². The van der Waals surface area contributed by atoms with Crippen molar-refractivity contribution >= 4 is 23.5 Å². The Kier molecular flexibility index (Phi) is 5.94. The summed E-state index contributed by atoms with van der Waals surface area (Å²) >= 11 is 0. The van der Waals surface area contributed by atoms with Gasteiger partial charge in [-0.25, -0.2) is 0 Å². The van der Waals surface area contributed by atoms with E-state index in [0.717, 1.165) is 4.90 Å². The summed E-state index contributed by atoms with van der Waals surface area (Å²) in [7, 11) is 1.58. The first-order valence-electron chi connectivity index (χ1n) is 11.5. The lowest BCUT2D eigenvalue weighted by atomic mass is 9.88. The van der Waals surface area contributed by atoms with Crippen molar-refractivity contribution in [1.29, 1.82) is 0 Å². The number of likely N-dealkylation sites (tertiary alicyclic amines) is 1. The molecule has 8 heteroatoms. The Morgan fingerprint density at radius 3 is 2.29 bits per heavy atom. The number of carbonyl (C=O) groups is 4. The van der Waals surface area contributed by atoms with Crippen molar-refractivity contribution < 1.29 is 28.3 Å². The number of hydrogen-bond acceptors (Lipinski definition) is 6. The first kappa shape index (κ1) is 22.6. The zero-order valence-electron chi connectivity index (χ0n) is 19.2. The van der Waals surface area contributed by atoms with Crippen LogP contribution >= 0.6 is 0 Å². The van der Waals surface area contributed by atoms with Crippen LogP contribution in [0.15, 0.2) is 65.3 Å². The van der Waals surface area contributed by atoms with E-state index in [1.807, 2.05) is 0 Å². The minimum absolute atomic E-state index is 0.0400. The van der Waals surface area contributed by atoms with Gasteiger partial charge in [0.2, 0.25) is 0 Å². The Morgan fingerprint density at radius 1 is 0.943 bits per heavy atom. The highest BCUT2D eigenvalue weighted by Gasteiger charge is 2.37. The molecule has 0 spiro atoms. The predicted octanol–water partition coefficient (Wildman–Crippen LogP) is 3.82. The normalized spacial score (nSPS) is 15.9. The van der Waals surface area contributed by atoms with E-state index >= 15 is 0 Å². The smallest absolute Gasteiger partial charge is 0.261 e. The van der Waals surface area contributed by atoms with Gasteiger partial charge in [0.1, 0.15) is 11.5 Å². The molecule has 0 N–H and O–H groups in total. The fourth-order valence-electron chi connectivity index (χ4n) is 4.64. The van der Waals surface area contributed by atoms with Crippen molar-refractivity contribution in [2.24, 2.45) is 5.92 Å². The van der Waals surface area contributed by atoms with E-state index in [1.165, 1.54) is 18.4 Å². The van der Waals surface area contributed by atoms with Crippen LogP contribution in [0.2, 0.25) is 0 Å². The average molecular weight is 472 g/mol. The highest BCUT2D eigenvalue weighted by atomic mass is 16.5. The van der Waals surface area contributed by atoms with Gasteiger partial charge in [-0.1, -0.05) is 0 Å². The summed E-state index contributed by atoms with van der Waals surface area (Å²) in [6.45, 7) is 0.929. The van der Waals surface area contributed by atoms with Crippen LogP contribution in [0.3, 0.4) is 0 Å². The van der Waals surface area contributed by atoms with Gasteiger partial charge in [0.15, 0.2) is 5.78 Å². The van der Waals surface area contributed by atoms with Gasteiger partial charge in [0.05, 0.1) is 31.0 Å². The minimum Gasteiger partial charge on any atom is -0.497 e. The molecule has 3 amide bonds. The lowest BCUT2D eigenvalue weighted by Crippen LogP contribution is -2.40. The molecule has 0 saturated carbocycles. The molecule has 2 aliphatic rings. The third-order valence-electron chi connectivity index (χ3n) is 6.64. The number of fused-ring (bicyclic) bond motifs is 1. The summed E-state index contributed by atoms with van der Waals surface area (Å²) in [6.07, 6.45) is 2.61. The SMILES string of the molecule is COc1ccc(C(=O)C2CCN(C(=O)c3ccc4c(c3)C(=O)N(Cc3ccco3)C4=O)CC2)cc1. The minimum atomic E-state index is -0.445. The summed E-state index contributed by atoms with van der Waals surface area (Å²) in [5, 5.41) is 0. The number of hydrogen-bond donors (Lipinski definition) is 0.